The van der Waals surface area contributed by atoms with Crippen molar-refractivity contribution in [3.63, 3.8) is 0 Å². The maximum Gasteiger partial charge on any atom is 0.306 e. The van der Waals surface area contributed by atoms with E-state index in [9.17, 15) is 28.8 Å². The van der Waals surface area contributed by atoms with Crippen molar-refractivity contribution < 1.29 is 57.2 Å². The summed E-state index contributed by atoms with van der Waals surface area (Å²) in [6, 6.07) is 0. The number of hydrogen-bond donors (Lipinski definition) is 0. The van der Waals surface area contributed by atoms with Gasteiger partial charge in [0.25, 0.3) is 0 Å². The van der Waals surface area contributed by atoms with Gasteiger partial charge in [-0.1, -0.05) is 318 Å². The molecule has 0 radical (unpaired) electrons. The SMILES string of the molecule is CCCCC(CCCC)CCOC(=O)CCCCCCCCCC(CCCCCCCCCC(=O)OCCC(CCCC)C(CCC)CCCCC(CCCC)CC(=O)OCCCCCCCCCCC(CCCCCCCCCCOC(=O)CC(CCCC)CCCC)OC(=O)CCCN(C)C)OC(=O)CCCN1CCCC1. The molecule has 0 N–H and O–H groups in total. The topological polar surface area (TPSA) is 164 Å². The Morgan fingerprint density at radius 1 is 0.263 bits per heavy atom. The van der Waals surface area contributed by atoms with Crippen molar-refractivity contribution in [3.05, 3.63) is 0 Å². The van der Waals surface area contributed by atoms with Crippen LogP contribution in [0.1, 0.15) is 498 Å². The molecule has 0 aliphatic carbocycles. The molecule has 0 aromatic heterocycles. The number of nitrogens with zero attached hydrogens (tertiary/aromatic N) is 2. The van der Waals surface area contributed by atoms with Crippen molar-refractivity contribution in [3.8, 4) is 0 Å². The summed E-state index contributed by atoms with van der Waals surface area (Å²) in [6.07, 6.45) is 75.4. The van der Waals surface area contributed by atoms with Gasteiger partial charge in [0.15, 0.2) is 0 Å². The average Bonchev–Trinajstić information content (AvgIpc) is 1.01. The molecule has 1 heterocycles. The van der Waals surface area contributed by atoms with Gasteiger partial charge in [0, 0.05) is 38.5 Å². The molecule has 1 aliphatic rings. The summed E-state index contributed by atoms with van der Waals surface area (Å²) in [5.74, 6) is 2.60. The summed E-state index contributed by atoms with van der Waals surface area (Å²) in [5, 5.41) is 0. The van der Waals surface area contributed by atoms with Gasteiger partial charge >= 0.3 is 35.8 Å². The monoisotopic (exact) mass is 1610 g/mol. The lowest BCUT2D eigenvalue weighted by Crippen LogP contribution is -2.23. The van der Waals surface area contributed by atoms with Crippen molar-refractivity contribution in [1.29, 1.82) is 0 Å². The molecule has 114 heavy (non-hydrogen) atoms. The number of likely N-dealkylation sites (tertiary alicyclic amines) is 1. The molecule has 1 rings (SSSR count). The first kappa shape index (κ1) is 109. The first-order valence-electron chi connectivity index (χ1n) is 50.1. The van der Waals surface area contributed by atoms with E-state index in [0.29, 0.717) is 94.5 Å². The minimum atomic E-state index is -0.0439. The Kier molecular flexibility index (Phi) is 78.3. The van der Waals surface area contributed by atoms with E-state index in [4.69, 9.17) is 28.4 Å². The quantitative estimate of drug-likeness (QED) is 0.0321. The van der Waals surface area contributed by atoms with E-state index in [0.717, 1.165) is 225 Å². The molecule has 0 spiro atoms. The fourth-order valence-electron chi connectivity index (χ4n) is 17.4. The predicted molar refractivity (Wildman–Crippen MR) is 479 cm³/mol. The minimum Gasteiger partial charge on any atom is -0.466 e. The van der Waals surface area contributed by atoms with Gasteiger partial charge in [0.2, 0.25) is 0 Å². The second-order valence-corrected chi connectivity index (χ2v) is 36.0. The molecule has 0 amide bonds. The largest absolute Gasteiger partial charge is 0.466 e. The van der Waals surface area contributed by atoms with Crippen LogP contribution in [-0.2, 0) is 57.2 Å². The Hall–Kier alpha value is -3.26. The highest BCUT2D eigenvalue weighted by Crippen LogP contribution is 2.33. The number of hydrogen-bond acceptors (Lipinski definition) is 14. The molecule has 1 aliphatic heterocycles. The lowest BCUT2D eigenvalue weighted by atomic mass is 9.79. The molecular weight excluding hydrogens is 1420 g/mol. The van der Waals surface area contributed by atoms with E-state index < -0.39 is 0 Å². The highest BCUT2D eigenvalue weighted by Gasteiger charge is 2.24. The van der Waals surface area contributed by atoms with Crippen LogP contribution in [0.4, 0.5) is 0 Å². The molecule has 672 valence electrons. The van der Waals surface area contributed by atoms with E-state index in [-0.39, 0.29) is 48.0 Å². The fourth-order valence-corrected chi connectivity index (χ4v) is 17.4. The Morgan fingerprint density at radius 2 is 0.561 bits per heavy atom. The summed E-state index contributed by atoms with van der Waals surface area (Å²) in [6.45, 7) is 22.2. The highest BCUT2D eigenvalue weighted by atomic mass is 16.6. The number of rotatable bonds is 88. The van der Waals surface area contributed by atoms with Gasteiger partial charge in [-0.25, -0.2) is 0 Å². The minimum absolute atomic E-state index is 0.00406. The normalized spacial score (nSPS) is 13.9. The van der Waals surface area contributed by atoms with Crippen LogP contribution in [0.25, 0.3) is 0 Å². The molecule has 1 fully saturated rings. The van der Waals surface area contributed by atoms with Crippen molar-refractivity contribution in [2.75, 3.05) is 66.7 Å². The average molecular weight is 1610 g/mol. The molecule has 5 atom stereocenters. The van der Waals surface area contributed by atoms with Gasteiger partial charge < -0.3 is 38.2 Å². The van der Waals surface area contributed by atoms with E-state index >= 15 is 0 Å². The van der Waals surface area contributed by atoms with Gasteiger partial charge in [-0.15, -0.1) is 0 Å². The van der Waals surface area contributed by atoms with Gasteiger partial charge in [-0.05, 0) is 211 Å². The molecular formula is C100H190N2O12. The summed E-state index contributed by atoms with van der Waals surface area (Å²) in [4.78, 5) is 81.7. The molecule has 5 unspecified atom stereocenters. The number of unbranched alkanes of at least 4 members (excludes halogenated alkanes) is 33. The molecule has 0 bridgehead atoms. The zero-order chi connectivity index (χ0) is 83.1. The maximum absolute atomic E-state index is 13.2. The zero-order valence-electron chi connectivity index (χ0n) is 77.0. The van der Waals surface area contributed by atoms with E-state index in [1.54, 1.807) is 0 Å². The molecule has 0 aromatic rings. The van der Waals surface area contributed by atoms with Crippen molar-refractivity contribution in [2.24, 2.45) is 29.6 Å². The first-order valence-corrected chi connectivity index (χ1v) is 50.1. The zero-order valence-corrected chi connectivity index (χ0v) is 77.0. The van der Waals surface area contributed by atoms with E-state index in [1.165, 1.54) is 212 Å². The van der Waals surface area contributed by atoms with Crippen LogP contribution < -0.4 is 0 Å². The summed E-state index contributed by atoms with van der Waals surface area (Å²) < 4.78 is 35.4. The van der Waals surface area contributed by atoms with Crippen LogP contribution in [0, 0.1) is 29.6 Å². The maximum atomic E-state index is 13.2. The van der Waals surface area contributed by atoms with Gasteiger partial charge in [0.05, 0.1) is 26.4 Å². The second kappa shape index (κ2) is 82.1. The van der Waals surface area contributed by atoms with Crippen molar-refractivity contribution in [1.82, 2.24) is 9.80 Å². The Bertz CT molecular complexity index is 2140. The third-order valence-electron chi connectivity index (χ3n) is 24.8. The van der Waals surface area contributed by atoms with Crippen LogP contribution >= 0.6 is 0 Å². The van der Waals surface area contributed by atoms with Gasteiger partial charge in [0.1, 0.15) is 12.2 Å². The number of esters is 6. The molecule has 14 nitrogen and oxygen atoms in total. The Balaban J connectivity index is 2.38. The lowest BCUT2D eigenvalue weighted by Gasteiger charge is -2.27. The van der Waals surface area contributed by atoms with Crippen LogP contribution in [0.3, 0.4) is 0 Å². The van der Waals surface area contributed by atoms with E-state index in [1.807, 2.05) is 14.1 Å². The Labute approximate surface area is 705 Å². The lowest BCUT2D eigenvalue weighted by molar-refractivity contribution is -0.151. The molecule has 14 heteroatoms. The van der Waals surface area contributed by atoms with Gasteiger partial charge in [-0.3, -0.25) is 28.8 Å². The Morgan fingerprint density at radius 3 is 0.956 bits per heavy atom. The molecule has 0 aromatic carbocycles. The number of carbonyl (C=O) groups is 6. The third-order valence-corrected chi connectivity index (χ3v) is 24.8. The van der Waals surface area contributed by atoms with Crippen LogP contribution in [-0.4, -0.2) is 125 Å². The predicted octanol–water partition coefficient (Wildman–Crippen LogP) is 28.4. The van der Waals surface area contributed by atoms with Gasteiger partial charge in [-0.2, -0.15) is 0 Å². The van der Waals surface area contributed by atoms with Crippen LogP contribution in [0.15, 0.2) is 0 Å². The summed E-state index contributed by atoms with van der Waals surface area (Å²) in [7, 11) is 4.10. The van der Waals surface area contributed by atoms with Crippen molar-refractivity contribution in [2.45, 2.75) is 510 Å². The molecule has 1 saturated heterocycles. The number of carbonyl (C=O) groups excluding carboxylic acids is 6. The summed E-state index contributed by atoms with van der Waals surface area (Å²) in [5.41, 5.74) is 0. The van der Waals surface area contributed by atoms with Crippen molar-refractivity contribution >= 4 is 35.8 Å². The fraction of sp³-hybridized carbons (Fsp3) is 0.940. The van der Waals surface area contributed by atoms with E-state index in [2.05, 4.69) is 58.3 Å². The molecule has 0 saturated carbocycles. The third kappa shape index (κ3) is 70.6. The second-order valence-electron chi connectivity index (χ2n) is 36.0. The smallest absolute Gasteiger partial charge is 0.306 e. The standard InChI is InChI=1S/C100H190N2O12/c1-10-17-60-88(61-18-11-2)76-84-111-95(103)72-49-41-33-27-31-39-47-70-94(114-98(106)75-58-81-102-79-53-54-80-102)71-48-40-32-28-34-42-50-73-96(104)112-85-77-92(66-22-15-6)91(59-16-7)67-52-51-65-90(64-21-14-5)87-100(108)110-83-56-44-36-26-24-30-38-46-69-93(113-97(105)74-57-78-101(8)9)68-45-37-29-23-25-35-43-55-82-109-99(107)86-89(62-19-12-3)63-20-13-4/h88-94H,10-87H2,1-9H3. The first-order chi connectivity index (χ1) is 55.7. The summed E-state index contributed by atoms with van der Waals surface area (Å²) >= 11 is 0. The van der Waals surface area contributed by atoms with Crippen LogP contribution in [0.2, 0.25) is 0 Å². The van der Waals surface area contributed by atoms with Crippen LogP contribution in [0.5, 0.6) is 0 Å². The highest BCUT2D eigenvalue weighted by molar-refractivity contribution is 5.71. The number of ether oxygens (including phenoxy) is 6.